The van der Waals surface area contributed by atoms with Gasteiger partial charge in [0.15, 0.2) is 0 Å². The van der Waals surface area contributed by atoms with E-state index < -0.39 is 0 Å². The summed E-state index contributed by atoms with van der Waals surface area (Å²) in [6, 6.07) is 1.71. The zero-order chi connectivity index (χ0) is 12.9. The smallest absolute Gasteiger partial charge is 0.0101 e. The Kier molecular flexibility index (Phi) is 5.52. The van der Waals surface area contributed by atoms with E-state index in [1.54, 1.807) is 0 Å². The normalized spacial score (nSPS) is 35.4. The van der Waals surface area contributed by atoms with Crippen LogP contribution < -0.4 is 5.32 Å². The molecule has 1 saturated heterocycles. The first-order chi connectivity index (χ1) is 9.43. The van der Waals surface area contributed by atoms with Crippen LogP contribution in [-0.4, -0.2) is 23.6 Å². The number of thioether (sulfide) groups is 1. The molecular formula is C17H31NS. The quantitative estimate of drug-likeness (QED) is 0.810. The molecule has 0 aromatic heterocycles. The van der Waals surface area contributed by atoms with E-state index in [1.807, 2.05) is 0 Å². The Balaban J connectivity index is 1.56. The third-order valence-corrected chi connectivity index (χ3v) is 6.79. The maximum absolute atomic E-state index is 4.09. The highest BCUT2D eigenvalue weighted by molar-refractivity contribution is 7.99. The van der Waals surface area contributed by atoms with Gasteiger partial charge in [0.1, 0.15) is 0 Å². The molecule has 2 heteroatoms. The van der Waals surface area contributed by atoms with Crippen molar-refractivity contribution >= 4 is 11.8 Å². The molecule has 3 rings (SSSR count). The third kappa shape index (κ3) is 3.91. The average molecular weight is 282 g/mol. The van der Waals surface area contributed by atoms with Gasteiger partial charge in [0.2, 0.25) is 0 Å². The standard InChI is InChI=1S/C17H31NS/c1-2-6-14(7-3-1)16-8-4-5-9-17(16)18-15-10-12-19-13-11-15/h14-18H,1-13H2. The maximum Gasteiger partial charge on any atom is 0.0101 e. The molecule has 1 nitrogen and oxygen atoms in total. The highest BCUT2D eigenvalue weighted by Crippen LogP contribution is 2.38. The van der Waals surface area contributed by atoms with Gasteiger partial charge in [0.05, 0.1) is 0 Å². The van der Waals surface area contributed by atoms with Crippen LogP contribution in [0.25, 0.3) is 0 Å². The fourth-order valence-electron chi connectivity index (χ4n) is 4.66. The van der Waals surface area contributed by atoms with Gasteiger partial charge in [-0.1, -0.05) is 44.9 Å². The number of rotatable bonds is 3. The first-order valence-corrected chi connectivity index (χ1v) is 9.93. The van der Waals surface area contributed by atoms with E-state index in [1.165, 1.54) is 82.1 Å². The second-order valence-electron chi connectivity index (χ2n) is 7.01. The lowest BCUT2D eigenvalue weighted by Crippen LogP contribution is -2.48. The molecule has 3 fully saturated rings. The summed E-state index contributed by atoms with van der Waals surface area (Å²) in [5.74, 6) is 4.85. The summed E-state index contributed by atoms with van der Waals surface area (Å²) in [5.41, 5.74) is 0. The topological polar surface area (TPSA) is 12.0 Å². The van der Waals surface area contributed by atoms with Crippen LogP contribution in [0.15, 0.2) is 0 Å². The lowest BCUT2D eigenvalue weighted by atomic mass is 9.70. The van der Waals surface area contributed by atoms with Gasteiger partial charge in [-0.05, 0) is 49.0 Å². The van der Waals surface area contributed by atoms with Crippen molar-refractivity contribution in [2.75, 3.05) is 11.5 Å². The average Bonchev–Trinajstić information content (AvgIpc) is 2.50. The Morgan fingerprint density at radius 3 is 2.16 bits per heavy atom. The van der Waals surface area contributed by atoms with Gasteiger partial charge in [-0.25, -0.2) is 0 Å². The summed E-state index contributed by atoms with van der Waals surface area (Å²) < 4.78 is 0. The van der Waals surface area contributed by atoms with Crippen molar-refractivity contribution in [3.05, 3.63) is 0 Å². The molecule has 0 aromatic carbocycles. The molecular weight excluding hydrogens is 250 g/mol. The van der Waals surface area contributed by atoms with Crippen molar-refractivity contribution in [3.63, 3.8) is 0 Å². The minimum Gasteiger partial charge on any atom is -0.311 e. The summed E-state index contributed by atoms with van der Waals surface area (Å²) in [4.78, 5) is 0. The minimum absolute atomic E-state index is 0.843. The van der Waals surface area contributed by atoms with Crippen LogP contribution in [0.5, 0.6) is 0 Å². The van der Waals surface area contributed by atoms with E-state index in [2.05, 4.69) is 17.1 Å². The van der Waals surface area contributed by atoms with E-state index in [4.69, 9.17) is 0 Å². The molecule has 0 spiro atoms. The molecule has 19 heavy (non-hydrogen) atoms. The molecule has 0 aromatic rings. The molecule has 2 atom stereocenters. The van der Waals surface area contributed by atoms with Gasteiger partial charge in [0.25, 0.3) is 0 Å². The first kappa shape index (κ1) is 14.3. The molecule has 110 valence electrons. The number of hydrogen-bond acceptors (Lipinski definition) is 2. The Labute approximate surface area is 123 Å². The molecule has 1 heterocycles. The van der Waals surface area contributed by atoms with E-state index in [-0.39, 0.29) is 0 Å². The summed E-state index contributed by atoms with van der Waals surface area (Å²) in [5, 5.41) is 4.09. The molecule has 0 radical (unpaired) electrons. The predicted molar refractivity (Wildman–Crippen MR) is 85.8 cm³/mol. The zero-order valence-electron chi connectivity index (χ0n) is 12.4. The molecule has 0 bridgehead atoms. The van der Waals surface area contributed by atoms with E-state index >= 15 is 0 Å². The predicted octanol–water partition coefficient (Wildman–Crippen LogP) is 4.61. The highest BCUT2D eigenvalue weighted by Gasteiger charge is 2.33. The molecule has 1 aliphatic heterocycles. The Morgan fingerprint density at radius 1 is 0.684 bits per heavy atom. The van der Waals surface area contributed by atoms with Crippen molar-refractivity contribution in [2.45, 2.75) is 82.7 Å². The van der Waals surface area contributed by atoms with Crippen molar-refractivity contribution in [1.29, 1.82) is 0 Å². The van der Waals surface area contributed by atoms with Crippen molar-refractivity contribution in [3.8, 4) is 0 Å². The lowest BCUT2D eigenvalue weighted by Gasteiger charge is -2.41. The van der Waals surface area contributed by atoms with E-state index in [0.29, 0.717) is 0 Å². The highest BCUT2D eigenvalue weighted by atomic mass is 32.2. The van der Waals surface area contributed by atoms with E-state index in [0.717, 1.165) is 23.9 Å². The summed E-state index contributed by atoms with van der Waals surface area (Å²) in [7, 11) is 0. The minimum atomic E-state index is 0.843. The summed E-state index contributed by atoms with van der Waals surface area (Å²) in [6.07, 6.45) is 16.4. The van der Waals surface area contributed by atoms with Crippen LogP contribution in [0, 0.1) is 11.8 Å². The lowest BCUT2D eigenvalue weighted by molar-refractivity contribution is 0.140. The SMILES string of the molecule is C1CCC(C2CCCCC2NC2CCSCC2)CC1. The Morgan fingerprint density at radius 2 is 1.37 bits per heavy atom. The first-order valence-electron chi connectivity index (χ1n) is 8.77. The fourth-order valence-corrected chi connectivity index (χ4v) is 5.77. The van der Waals surface area contributed by atoms with Gasteiger partial charge < -0.3 is 5.32 Å². The van der Waals surface area contributed by atoms with Crippen molar-refractivity contribution < 1.29 is 0 Å². The summed E-state index contributed by atoms with van der Waals surface area (Å²) >= 11 is 2.15. The molecule has 2 saturated carbocycles. The monoisotopic (exact) mass is 281 g/mol. The van der Waals surface area contributed by atoms with Crippen LogP contribution in [-0.2, 0) is 0 Å². The van der Waals surface area contributed by atoms with Crippen LogP contribution in [0.4, 0.5) is 0 Å². The molecule has 1 N–H and O–H groups in total. The van der Waals surface area contributed by atoms with Crippen molar-refractivity contribution in [2.24, 2.45) is 11.8 Å². The molecule has 2 unspecified atom stereocenters. The fraction of sp³-hybridized carbons (Fsp3) is 1.00. The van der Waals surface area contributed by atoms with Gasteiger partial charge in [-0.3, -0.25) is 0 Å². The number of nitrogens with one attached hydrogen (secondary N) is 1. The van der Waals surface area contributed by atoms with Crippen LogP contribution >= 0.6 is 11.8 Å². The van der Waals surface area contributed by atoms with Crippen LogP contribution in [0.3, 0.4) is 0 Å². The Bertz CT molecular complexity index is 256. The maximum atomic E-state index is 4.09. The van der Waals surface area contributed by atoms with E-state index in [9.17, 15) is 0 Å². The number of hydrogen-bond donors (Lipinski definition) is 1. The van der Waals surface area contributed by atoms with Gasteiger partial charge in [0, 0.05) is 12.1 Å². The zero-order valence-corrected chi connectivity index (χ0v) is 13.2. The Hall–Kier alpha value is 0.310. The molecule has 2 aliphatic carbocycles. The second-order valence-corrected chi connectivity index (χ2v) is 8.23. The van der Waals surface area contributed by atoms with Gasteiger partial charge in [-0.15, -0.1) is 0 Å². The van der Waals surface area contributed by atoms with Crippen LogP contribution in [0.2, 0.25) is 0 Å². The second kappa shape index (κ2) is 7.36. The largest absolute Gasteiger partial charge is 0.311 e. The molecule has 0 amide bonds. The van der Waals surface area contributed by atoms with Gasteiger partial charge >= 0.3 is 0 Å². The summed E-state index contributed by atoms with van der Waals surface area (Å²) in [6.45, 7) is 0. The molecule has 3 aliphatic rings. The van der Waals surface area contributed by atoms with Crippen molar-refractivity contribution in [1.82, 2.24) is 5.32 Å². The van der Waals surface area contributed by atoms with Gasteiger partial charge in [-0.2, -0.15) is 11.8 Å². The third-order valence-electron chi connectivity index (χ3n) is 5.75. The van der Waals surface area contributed by atoms with Crippen LogP contribution in [0.1, 0.15) is 70.6 Å².